The highest BCUT2D eigenvalue weighted by molar-refractivity contribution is 8.76. The summed E-state index contributed by atoms with van der Waals surface area (Å²) >= 11 is 0. The molecule has 0 radical (unpaired) electrons. The maximum absolute atomic E-state index is 15.5. The molecule has 5 heterocycles. The van der Waals surface area contributed by atoms with E-state index in [1.165, 1.54) is 65.6 Å². The van der Waals surface area contributed by atoms with E-state index in [-0.39, 0.29) is 88.3 Å². The van der Waals surface area contributed by atoms with Gasteiger partial charge in [0, 0.05) is 93.1 Å². The number of aromatic hydroxyl groups is 2. The van der Waals surface area contributed by atoms with Crippen LogP contribution in [0.25, 0.3) is 10.9 Å². The highest BCUT2D eigenvalue weighted by atomic mass is 33.1. The van der Waals surface area contributed by atoms with Gasteiger partial charge in [-0.1, -0.05) is 69.3 Å². The normalized spacial score (nSPS) is 22.8. The largest absolute Gasteiger partial charge is 0.508 e. The predicted molar refractivity (Wildman–Crippen MR) is 446 cm³/mol. The van der Waals surface area contributed by atoms with E-state index in [1.54, 1.807) is 24.3 Å². The van der Waals surface area contributed by atoms with Gasteiger partial charge in [-0.05, 0) is 112 Å². The summed E-state index contributed by atoms with van der Waals surface area (Å²) in [7, 11) is 1.59. The Morgan fingerprint density at radius 1 is 0.616 bits per heavy atom. The quantitative estimate of drug-likeness (QED) is 0.0101. The number of nitrogens with zero attached hydrogens (tertiary/aromatic N) is 4. The minimum absolute atomic E-state index is 0.0427. The monoisotopic (exact) mass is 1780 g/mol. The number of aliphatic hydroxyl groups is 1. The molecule has 16 amide bonds. The number of benzene rings is 3. The molecule has 29 N–H and O–H groups in total. The number of fused-ring (bicyclic) bond motifs is 12. The highest BCUT2D eigenvalue weighted by Gasteiger charge is 2.43. The Kier molecular flexibility index (Phi) is 36.7. The van der Waals surface area contributed by atoms with Gasteiger partial charge >= 0.3 is 18.0 Å². The number of phenolic OH excluding ortho intramolecular Hbond substituents is 2. The summed E-state index contributed by atoms with van der Waals surface area (Å²) in [4.78, 5) is 248. The van der Waals surface area contributed by atoms with Crippen molar-refractivity contribution in [3.63, 3.8) is 0 Å². The van der Waals surface area contributed by atoms with Crippen LogP contribution in [-0.4, -0.2) is 279 Å². The Balaban J connectivity index is 1.28. The number of aromatic amines is 1. The van der Waals surface area contributed by atoms with Crippen molar-refractivity contribution in [2.45, 2.75) is 194 Å². The molecule has 5 aromatic rings. The number of primary amides is 2. The van der Waals surface area contributed by atoms with Gasteiger partial charge in [0.2, 0.25) is 82.7 Å². The van der Waals surface area contributed by atoms with Gasteiger partial charge in [0.05, 0.1) is 24.8 Å². The van der Waals surface area contributed by atoms with Crippen LogP contribution in [0.15, 0.2) is 85.2 Å². The Morgan fingerprint density at radius 2 is 1.18 bits per heavy atom. The van der Waals surface area contributed by atoms with Crippen LogP contribution < -0.4 is 97.4 Å². The number of rotatable bonds is 27. The van der Waals surface area contributed by atoms with E-state index in [2.05, 4.69) is 89.7 Å². The molecule has 2 saturated heterocycles. The summed E-state index contributed by atoms with van der Waals surface area (Å²) < 4.78 is 1.18. The Morgan fingerprint density at radius 3 is 1.82 bits per heavy atom. The van der Waals surface area contributed by atoms with Crippen LogP contribution in [0.1, 0.15) is 99.9 Å². The number of H-pyrrole nitrogens is 1. The number of carboxylic acid groups (broad SMARTS) is 2. The summed E-state index contributed by atoms with van der Waals surface area (Å²) in [6, 6.07) is -6.73. The van der Waals surface area contributed by atoms with Crippen LogP contribution in [-0.2, 0) is 109 Å². The van der Waals surface area contributed by atoms with Crippen molar-refractivity contribution < 1.29 is 107 Å². The van der Waals surface area contributed by atoms with Gasteiger partial charge in [-0.15, -0.1) is 5.10 Å². The molecule has 0 saturated carbocycles. The lowest BCUT2D eigenvalue weighted by Gasteiger charge is -2.31. The number of carbonyl (C=O) groups is 17. The van der Waals surface area contributed by atoms with Crippen molar-refractivity contribution >= 4 is 139 Å². The minimum Gasteiger partial charge on any atom is -0.508 e. The third-order valence-corrected chi connectivity index (χ3v) is 22.7. The Hall–Kier alpha value is -13.4. The van der Waals surface area contributed by atoms with E-state index in [9.17, 15) is 78.3 Å². The fourth-order valence-corrected chi connectivity index (χ4v) is 16.1. The average Bonchev–Trinajstić information content (AvgIpc) is 1.70. The van der Waals surface area contributed by atoms with E-state index in [0.717, 1.165) is 33.4 Å². The first-order valence-corrected chi connectivity index (χ1v) is 42.4. The minimum atomic E-state index is -2.09. The molecule has 0 spiro atoms. The lowest BCUT2D eigenvalue weighted by Crippen LogP contribution is -2.62. The third-order valence-electron chi connectivity index (χ3n) is 20.3. The second-order valence-electron chi connectivity index (χ2n) is 29.9. The molecule has 48 heteroatoms. The van der Waals surface area contributed by atoms with Crippen molar-refractivity contribution in [3.8, 4) is 11.5 Å². The second-order valence-corrected chi connectivity index (χ2v) is 32.5. The number of carbonyl (C=O) groups excluding carboxylic acids is 15. The van der Waals surface area contributed by atoms with Crippen LogP contribution in [0.2, 0.25) is 0 Å². The number of hydrogen-bond donors (Lipinski definition) is 25. The lowest BCUT2D eigenvalue weighted by atomic mass is 10.0. The molecule has 0 aliphatic carbocycles. The van der Waals surface area contributed by atoms with Gasteiger partial charge in [0.1, 0.15) is 90.0 Å². The van der Waals surface area contributed by atoms with Crippen molar-refractivity contribution in [2.75, 3.05) is 37.7 Å². The molecule has 2 aromatic heterocycles. The van der Waals surface area contributed by atoms with E-state index in [4.69, 9.17) is 28.3 Å². The number of hydrogen-bond acceptors (Lipinski definition) is 26. The highest BCUT2D eigenvalue weighted by Crippen LogP contribution is 2.26. The Labute approximate surface area is 721 Å². The average molecular weight is 1780 g/mol. The summed E-state index contributed by atoms with van der Waals surface area (Å²) in [6.45, 7) is -0.458. The summed E-state index contributed by atoms with van der Waals surface area (Å²) in [5, 5.41) is 104. The standard InChI is InChI=1S/C77H104N24O22S2/c1-38(102)62-73(119)94-54(32-61(107)108)74(120)101-27-7-13-58(101)72(118)90-48(10-4-24-83-76(80)81)65(111)96-57-37-125-124-36-56(86-60(106)33-78)70(116)93-53(69(115)97-62)31-42-35-100(99-98-42)26-6-12-49(64(110)91-51(28-39-14-18-43(103)19-15-39)67(113)95-55(75(121)122)29-40-16-20-44(104)21-17-40)87-66(112)50(22-23-59(79)105)89-68(114)52(30-41-34-85-46-9-3-2-8-45(41)46)92-63(109)47(88-71(57)117)11-5-25-84-77(82)123/h2-3,8-9,14-21,34-35,38,47-58,62,85,102-104H,4-7,10-13,22-33,36-37,78H2,1H3,(H2,79,105)(H,86,106)(H,87,112)(H,88,117)(H,89,114)(H,90,118)(H,91,110)(H,92,109)(H,93,116)(H,94,119)(H,95,113)(H,96,111)(H,97,115)(H,107,108)(H,121,122)(H4,80,81,83)(H3,82,84,123)/t38-,47+,48+,49+,50+,51+,52+,53+,54+,55-,56?,57+,58+,62+/m1/s1. The number of urea groups is 1. The molecule has 125 heavy (non-hydrogen) atoms. The molecular formula is C77H104N24O22S2. The number of aliphatic hydroxyl groups excluding tert-OH is 1. The first-order valence-electron chi connectivity index (χ1n) is 39.9. The van der Waals surface area contributed by atoms with E-state index in [1.807, 2.05) is 0 Å². The van der Waals surface area contributed by atoms with Crippen LogP contribution in [0.5, 0.6) is 11.5 Å². The van der Waals surface area contributed by atoms with Gasteiger partial charge in [0.15, 0.2) is 5.96 Å². The van der Waals surface area contributed by atoms with Gasteiger partial charge in [-0.25, -0.2) is 9.59 Å². The molecule has 14 atom stereocenters. The molecule has 676 valence electrons. The summed E-state index contributed by atoms with van der Waals surface area (Å²) in [5.41, 5.74) is 23.9. The zero-order chi connectivity index (χ0) is 91.1. The van der Waals surface area contributed by atoms with Crippen LogP contribution in [0.3, 0.4) is 0 Å². The number of amides is 16. The molecule has 3 aromatic carbocycles. The van der Waals surface area contributed by atoms with Gasteiger partial charge < -0.3 is 133 Å². The number of nitrogens with one attached hydrogen (secondary N) is 16. The van der Waals surface area contributed by atoms with E-state index in [0.29, 0.717) is 27.6 Å². The van der Waals surface area contributed by atoms with E-state index >= 15 is 28.8 Å². The molecule has 8 rings (SSSR count). The predicted octanol–water partition coefficient (Wildman–Crippen LogP) is -6.69. The number of aromatic nitrogens is 4. The molecule has 46 nitrogen and oxygen atoms in total. The summed E-state index contributed by atoms with van der Waals surface area (Å²) in [6.07, 6.45) is -4.84. The Bertz CT molecular complexity index is 4730. The molecule has 3 aliphatic rings. The van der Waals surface area contributed by atoms with E-state index < -0.39 is 261 Å². The van der Waals surface area contributed by atoms with Crippen LogP contribution in [0.4, 0.5) is 4.79 Å². The zero-order valence-electron chi connectivity index (χ0n) is 67.8. The second kappa shape index (κ2) is 47.3. The first kappa shape index (κ1) is 97.1. The first-order chi connectivity index (χ1) is 59.5. The molecular weight excluding hydrogens is 1680 g/mol. The van der Waals surface area contributed by atoms with Crippen molar-refractivity contribution in [3.05, 3.63) is 108 Å². The maximum atomic E-state index is 15.5. The number of phenols is 2. The van der Waals surface area contributed by atoms with Crippen LogP contribution >= 0.6 is 21.6 Å². The van der Waals surface area contributed by atoms with Gasteiger partial charge in [-0.3, -0.25) is 82.0 Å². The zero-order valence-corrected chi connectivity index (χ0v) is 69.4. The molecule has 1 unspecified atom stereocenters. The maximum Gasteiger partial charge on any atom is 0.326 e. The molecule has 3 aliphatic heterocycles. The lowest BCUT2D eigenvalue weighted by molar-refractivity contribution is -0.146. The van der Waals surface area contributed by atoms with Crippen molar-refractivity contribution in [1.29, 1.82) is 5.41 Å². The third kappa shape index (κ3) is 30.3. The number of aryl methyl sites for hydroxylation is 1. The fraction of sp³-hybridized carbons (Fsp3) is 0.481. The smallest absolute Gasteiger partial charge is 0.326 e. The topological polar surface area (TPSA) is 737 Å². The summed E-state index contributed by atoms with van der Waals surface area (Å²) in [5.74, 6) is -20.7. The SMILES string of the molecule is C[C@@H](O)[C@@H]1NC(=O)[C@@H]2Cc3cn(nn3)CCC[C@@H](C(=O)N[C@@H](Cc3ccc(O)cc3)C(=O)N[C@H](Cc3ccc(O)cc3)C(=O)O)NC(=O)[C@H](CCC(N)=O)NC(=O)[C@H](Cc3c[nH]c4ccccc34)NC(=O)[C@H](CCCNC(N)=O)NC(=O)[C@H](CSSCC(NC(=O)CN)C(=O)N2)NC(=O)[C@H](CCCNC(=N)N)NC(=O)[C@@H]2CCCN2C(=O)[C@H](CC(=O)O)NC1=O. The molecule has 4 bridgehead atoms. The number of guanidine groups is 1. The number of carboxylic acids is 2. The molecule has 2 fully saturated rings. The fourth-order valence-electron chi connectivity index (χ4n) is 13.8. The number of nitrogens with two attached hydrogens (primary N) is 4. The van der Waals surface area contributed by atoms with Crippen LogP contribution in [0, 0.1) is 5.41 Å². The van der Waals surface area contributed by atoms with Crippen molar-refractivity contribution in [1.82, 2.24) is 99.3 Å². The number of para-hydroxylation sites is 1. The van der Waals surface area contributed by atoms with Gasteiger partial charge in [0.25, 0.3) is 0 Å². The number of aliphatic carboxylic acids is 2. The van der Waals surface area contributed by atoms with Gasteiger partial charge in [-0.2, -0.15) is 0 Å². The van der Waals surface area contributed by atoms with Crippen molar-refractivity contribution in [2.24, 2.45) is 22.9 Å².